The number of hydrogen-bond acceptors (Lipinski definition) is 3. The molecule has 1 aromatic carbocycles. The Morgan fingerprint density at radius 3 is 3.12 bits per heavy atom. The summed E-state index contributed by atoms with van der Waals surface area (Å²) in [5, 5.41) is 14.0. The molecule has 1 amide bonds. The minimum absolute atomic E-state index is 0.210. The largest absolute Gasteiger partial charge is 0.354 e. The van der Waals surface area contributed by atoms with Crippen LogP contribution in [0.5, 0.6) is 0 Å². The Balaban J connectivity index is 2.29. The molecule has 2 aromatic rings. The molecule has 0 bridgehead atoms. The van der Waals surface area contributed by atoms with Crippen LogP contribution in [0.1, 0.15) is 16.1 Å². The van der Waals surface area contributed by atoms with E-state index in [0.717, 1.165) is 22.2 Å². The predicted molar refractivity (Wildman–Crippen MR) is 58.9 cm³/mol. The number of nitrogens with one attached hydrogen (secondary N) is 2. The number of fused-ring (bicyclic) bond motifs is 3. The van der Waals surface area contributed by atoms with Crippen molar-refractivity contribution < 1.29 is 4.79 Å². The van der Waals surface area contributed by atoms with Gasteiger partial charge in [-0.3, -0.25) is 9.89 Å². The Bertz CT molecular complexity index is 613. The van der Waals surface area contributed by atoms with Gasteiger partial charge in [-0.25, -0.2) is 0 Å². The third kappa shape index (κ3) is 1.04. The average molecular weight is 214 g/mol. The molecule has 1 aromatic heterocycles. The van der Waals surface area contributed by atoms with Gasteiger partial charge in [0.15, 0.2) is 5.69 Å². The molecule has 0 saturated heterocycles. The van der Waals surface area contributed by atoms with Gasteiger partial charge in [-0.1, -0.05) is 0 Å². The number of carbonyl (C=O) groups is 1. The van der Waals surface area contributed by atoms with Crippen molar-refractivity contribution in [1.29, 1.82) is 0 Å². The van der Waals surface area contributed by atoms with Crippen molar-refractivity contribution in [3.63, 3.8) is 0 Å². The van der Waals surface area contributed by atoms with E-state index in [1.54, 1.807) is 13.3 Å². The lowest BCUT2D eigenvalue weighted by molar-refractivity contribution is 0.0959. The summed E-state index contributed by atoms with van der Waals surface area (Å²) in [5.74, 6) is -0.210. The van der Waals surface area contributed by atoms with E-state index in [2.05, 4.69) is 26.0 Å². The predicted octanol–water partition coefficient (Wildman–Crippen LogP) is 0.506. The van der Waals surface area contributed by atoms with E-state index >= 15 is 0 Å². The zero-order valence-corrected chi connectivity index (χ0v) is 8.48. The highest BCUT2D eigenvalue weighted by Gasteiger charge is 2.18. The number of benzene rings is 1. The summed E-state index contributed by atoms with van der Waals surface area (Å²) in [4.78, 5) is 11.5. The fourth-order valence-electron chi connectivity index (χ4n) is 1.76. The Morgan fingerprint density at radius 2 is 2.31 bits per heavy atom. The van der Waals surface area contributed by atoms with Crippen molar-refractivity contribution in [2.45, 2.75) is 0 Å². The van der Waals surface area contributed by atoms with E-state index in [0.29, 0.717) is 5.69 Å². The third-order valence-corrected chi connectivity index (χ3v) is 2.55. The van der Waals surface area contributed by atoms with Crippen LogP contribution >= 0.6 is 0 Å². The SMILES string of the molecule is CNC(=O)c1n[nH]c2c3c(ccc12)[N]N=C3. The second kappa shape index (κ2) is 3.06. The van der Waals surface area contributed by atoms with Crippen LogP contribution in [0.4, 0.5) is 5.69 Å². The Kier molecular flexibility index (Phi) is 1.70. The fraction of sp³-hybridized carbons (Fsp3) is 0.100. The molecule has 2 heterocycles. The first-order valence-electron chi connectivity index (χ1n) is 4.78. The Hall–Kier alpha value is -2.37. The summed E-state index contributed by atoms with van der Waals surface area (Å²) in [7, 11) is 1.58. The van der Waals surface area contributed by atoms with E-state index in [9.17, 15) is 4.79 Å². The summed E-state index contributed by atoms with van der Waals surface area (Å²) in [6, 6.07) is 3.65. The second-order valence-corrected chi connectivity index (χ2v) is 3.42. The first-order chi connectivity index (χ1) is 7.81. The minimum atomic E-state index is -0.210. The van der Waals surface area contributed by atoms with Crippen molar-refractivity contribution in [2.75, 3.05) is 7.05 Å². The van der Waals surface area contributed by atoms with Crippen molar-refractivity contribution >= 4 is 28.7 Å². The van der Waals surface area contributed by atoms with Crippen LogP contribution in [0, 0.1) is 0 Å². The van der Waals surface area contributed by atoms with Gasteiger partial charge < -0.3 is 5.32 Å². The van der Waals surface area contributed by atoms with Crippen LogP contribution in [-0.2, 0) is 0 Å². The molecule has 16 heavy (non-hydrogen) atoms. The number of nitrogens with zero attached hydrogens (tertiary/aromatic N) is 3. The van der Waals surface area contributed by atoms with Gasteiger partial charge in [0, 0.05) is 18.0 Å². The molecule has 0 saturated carbocycles. The number of hydrogen-bond donors (Lipinski definition) is 2. The lowest BCUT2D eigenvalue weighted by Crippen LogP contribution is -2.18. The standard InChI is InChI=1S/C10H8N5O/c1-11-10(16)9-5-2-3-7-6(4-12-13-7)8(5)14-15-9/h2-4H,1H3,(H,11,16)(H,14,15). The summed E-state index contributed by atoms with van der Waals surface area (Å²) >= 11 is 0. The van der Waals surface area contributed by atoms with Gasteiger partial charge in [0.1, 0.15) is 0 Å². The van der Waals surface area contributed by atoms with Crippen LogP contribution in [0.3, 0.4) is 0 Å². The lowest BCUT2D eigenvalue weighted by atomic mass is 10.1. The Labute approximate surface area is 90.7 Å². The Morgan fingerprint density at radius 1 is 1.44 bits per heavy atom. The first-order valence-corrected chi connectivity index (χ1v) is 4.78. The number of aromatic nitrogens is 2. The van der Waals surface area contributed by atoms with Crippen LogP contribution in [-0.4, -0.2) is 29.4 Å². The molecule has 0 unspecified atom stereocenters. The summed E-state index contributed by atoms with van der Waals surface area (Å²) in [5.41, 5.74) is 6.79. The number of H-pyrrole nitrogens is 1. The third-order valence-electron chi connectivity index (χ3n) is 2.55. The minimum Gasteiger partial charge on any atom is -0.354 e. The molecule has 0 fully saturated rings. The molecule has 0 spiro atoms. The summed E-state index contributed by atoms with van der Waals surface area (Å²) < 4.78 is 0. The van der Waals surface area contributed by atoms with Crippen molar-refractivity contribution in [2.24, 2.45) is 5.10 Å². The number of rotatable bonds is 1. The van der Waals surface area contributed by atoms with Gasteiger partial charge in [-0.2, -0.15) is 15.6 Å². The van der Waals surface area contributed by atoms with Gasteiger partial charge in [-0.15, -0.1) is 0 Å². The van der Waals surface area contributed by atoms with Crippen molar-refractivity contribution in [3.8, 4) is 0 Å². The average Bonchev–Trinajstić information content (AvgIpc) is 2.92. The molecule has 3 rings (SSSR count). The number of amides is 1. The van der Waals surface area contributed by atoms with E-state index in [4.69, 9.17) is 0 Å². The highest BCUT2D eigenvalue weighted by molar-refractivity contribution is 6.11. The first kappa shape index (κ1) is 8.90. The van der Waals surface area contributed by atoms with Crippen LogP contribution in [0.2, 0.25) is 0 Å². The molecule has 0 aliphatic carbocycles. The second-order valence-electron chi connectivity index (χ2n) is 3.42. The van der Waals surface area contributed by atoms with Gasteiger partial charge >= 0.3 is 0 Å². The maximum absolute atomic E-state index is 11.5. The van der Waals surface area contributed by atoms with Crippen LogP contribution < -0.4 is 10.7 Å². The molecular weight excluding hydrogens is 206 g/mol. The smallest absolute Gasteiger partial charge is 0.272 e. The van der Waals surface area contributed by atoms with Gasteiger partial charge in [0.25, 0.3) is 5.91 Å². The molecule has 2 N–H and O–H groups in total. The topological polar surface area (TPSA) is 84.2 Å². The quantitative estimate of drug-likeness (QED) is 0.724. The normalized spacial score (nSPS) is 12.6. The molecule has 6 heteroatoms. The fourth-order valence-corrected chi connectivity index (χ4v) is 1.76. The maximum Gasteiger partial charge on any atom is 0.272 e. The monoisotopic (exact) mass is 214 g/mol. The van der Waals surface area contributed by atoms with E-state index in [-0.39, 0.29) is 5.91 Å². The highest BCUT2D eigenvalue weighted by Crippen LogP contribution is 2.27. The molecule has 1 aliphatic rings. The number of carbonyl (C=O) groups excluding carboxylic acids is 1. The van der Waals surface area contributed by atoms with Crippen molar-refractivity contribution in [1.82, 2.24) is 20.9 Å². The zero-order valence-electron chi connectivity index (χ0n) is 8.48. The van der Waals surface area contributed by atoms with E-state index in [1.165, 1.54) is 0 Å². The molecule has 1 aliphatic heterocycles. The van der Waals surface area contributed by atoms with E-state index < -0.39 is 0 Å². The molecule has 79 valence electrons. The van der Waals surface area contributed by atoms with Crippen LogP contribution in [0.25, 0.3) is 10.9 Å². The van der Waals surface area contributed by atoms with E-state index in [1.807, 2.05) is 12.1 Å². The van der Waals surface area contributed by atoms with Gasteiger partial charge in [0.2, 0.25) is 0 Å². The lowest BCUT2D eigenvalue weighted by Gasteiger charge is -1.98. The van der Waals surface area contributed by atoms with Gasteiger partial charge in [-0.05, 0) is 12.1 Å². The van der Waals surface area contributed by atoms with Crippen molar-refractivity contribution in [3.05, 3.63) is 23.4 Å². The summed E-state index contributed by atoms with van der Waals surface area (Å²) in [6.45, 7) is 0. The molecule has 0 atom stereocenters. The zero-order chi connectivity index (χ0) is 11.1. The molecule has 6 nitrogen and oxygen atoms in total. The molecular formula is C10H8N5O. The van der Waals surface area contributed by atoms with Gasteiger partial charge in [0.05, 0.1) is 17.4 Å². The summed E-state index contributed by atoms with van der Waals surface area (Å²) in [6.07, 6.45) is 1.66. The maximum atomic E-state index is 11.5. The number of aromatic amines is 1. The highest BCUT2D eigenvalue weighted by atomic mass is 16.1. The van der Waals surface area contributed by atoms with Crippen LogP contribution in [0.15, 0.2) is 17.2 Å². The molecule has 1 radical (unpaired) electrons.